The SMILES string of the molecule is COCCCN(CC(=O)N1CCS[C@@H]1c1ccc(OC)cc1)Cc1ccc(Br)cc1. The third-order valence-electron chi connectivity index (χ3n) is 5.11. The normalized spacial score (nSPS) is 16.3. The lowest BCUT2D eigenvalue weighted by Gasteiger charge is -2.28. The van der Waals surface area contributed by atoms with Gasteiger partial charge >= 0.3 is 0 Å². The number of thioether (sulfide) groups is 1. The van der Waals surface area contributed by atoms with E-state index in [1.807, 2.05) is 40.9 Å². The van der Waals surface area contributed by atoms with E-state index in [1.165, 1.54) is 5.56 Å². The summed E-state index contributed by atoms with van der Waals surface area (Å²) < 4.78 is 11.5. The van der Waals surface area contributed by atoms with Gasteiger partial charge < -0.3 is 14.4 Å². The summed E-state index contributed by atoms with van der Waals surface area (Å²) in [6, 6.07) is 16.3. The van der Waals surface area contributed by atoms with Crippen LogP contribution in [0.2, 0.25) is 0 Å². The summed E-state index contributed by atoms with van der Waals surface area (Å²) in [4.78, 5) is 17.5. The van der Waals surface area contributed by atoms with E-state index in [4.69, 9.17) is 9.47 Å². The summed E-state index contributed by atoms with van der Waals surface area (Å²) in [5, 5.41) is 0.0666. The van der Waals surface area contributed by atoms with Gasteiger partial charge in [-0.3, -0.25) is 9.69 Å². The zero-order valence-electron chi connectivity index (χ0n) is 17.6. The topological polar surface area (TPSA) is 42.0 Å². The van der Waals surface area contributed by atoms with E-state index < -0.39 is 0 Å². The molecule has 7 heteroatoms. The monoisotopic (exact) mass is 492 g/mol. The van der Waals surface area contributed by atoms with Crippen molar-refractivity contribution in [2.45, 2.75) is 18.3 Å². The van der Waals surface area contributed by atoms with Crippen LogP contribution in [-0.4, -0.2) is 61.9 Å². The van der Waals surface area contributed by atoms with Crippen molar-refractivity contribution in [1.82, 2.24) is 9.80 Å². The van der Waals surface area contributed by atoms with E-state index in [9.17, 15) is 4.79 Å². The summed E-state index contributed by atoms with van der Waals surface area (Å²) in [6.07, 6.45) is 0.900. The average molecular weight is 493 g/mol. The molecule has 2 aromatic carbocycles. The van der Waals surface area contributed by atoms with E-state index in [2.05, 4.69) is 45.1 Å². The van der Waals surface area contributed by atoms with Crippen LogP contribution in [0.15, 0.2) is 53.0 Å². The van der Waals surface area contributed by atoms with Crippen molar-refractivity contribution >= 4 is 33.6 Å². The first kappa shape index (κ1) is 23.1. The van der Waals surface area contributed by atoms with Crippen molar-refractivity contribution in [3.05, 3.63) is 64.1 Å². The molecule has 1 aliphatic heterocycles. The number of benzene rings is 2. The van der Waals surface area contributed by atoms with Gasteiger partial charge in [0.2, 0.25) is 5.91 Å². The Bertz CT molecular complexity index is 801. The van der Waals surface area contributed by atoms with Crippen LogP contribution in [0.1, 0.15) is 22.9 Å². The molecule has 1 amide bonds. The molecule has 1 atom stereocenters. The summed E-state index contributed by atoms with van der Waals surface area (Å²) >= 11 is 5.30. The van der Waals surface area contributed by atoms with Gasteiger partial charge in [-0.25, -0.2) is 0 Å². The number of ether oxygens (including phenoxy) is 2. The number of hydrogen-bond acceptors (Lipinski definition) is 5. The number of nitrogens with zero attached hydrogens (tertiary/aromatic N) is 2. The lowest BCUT2D eigenvalue weighted by atomic mass is 10.2. The number of hydrogen-bond donors (Lipinski definition) is 0. The number of halogens is 1. The Morgan fingerprint density at radius 2 is 1.90 bits per heavy atom. The highest BCUT2D eigenvalue weighted by Crippen LogP contribution is 2.38. The van der Waals surface area contributed by atoms with Gasteiger partial charge in [0.05, 0.1) is 13.7 Å². The molecule has 1 heterocycles. The maximum Gasteiger partial charge on any atom is 0.237 e. The van der Waals surface area contributed by atoms with E-state index >= 15 is 0 Å². The molecule has 0 radical (unpaired) electrons. The van der Waals surface area contributed by atoms with Gasteiger partial charge in [-0.2, -0.15) is 0 Å². The second kappa shape index (κ2) is 11.7. The molecule has 0 bridgehead atoms. The molecular formula is C23H29BrN2O3S. The first-order chi connectivity index (χ1) is 14.6. The Balaban J connectivity index is 1.66. The Kier molecular flexibility index (Phi) is 9.05. The number of amides is 1. The zero-order valence-corrected chi connectivity index (χ0v) is 20.0. The van der Waals surface area contributed by atoms with Gasteiger partial charge in [0.25, 0.3) is 0 Å². The summed E-state index contributed by atoms with van der Waals surface area (Å²) in [5.41, 5.74) is 2.34. The molecule has 2 aromatic rings. The first-order valence-electron chi connectivity index (χ1n) is 10.1. The van der Waals surface area contributed by atoms with Crippen molar-refractivity contribution in [2.75, 3.05) is 46.2 Å². The lowest BCUT2D eigenvalue weighted by molar-refractivity contribution is -0.132. The van der Waals surface area contributed by atoms with Gasteiger partial charge in [-0.1, -0.05) is 40.2 Å². The molecule has 5 nitrogen and oxygen atoms in total. The molecule has 0 saturated carbocycles. The van der Waals surface area contributed by atoms with Crippen LogP contribution in [0.5, 0.6) is 5.75 Å². The van der Waals surface area contributed by atoms with Crippen LogP contribution < -0.4 is 4.74 Å². The van der Waals surface area contributed by atoms with E-state index in [1.54, 1.807) is 14.2 Å². The minimum absolute atomic E-state index is 0.0666. The molecule has 0 unspecified atom stereocenters. The van der Waals surface area contributed by atoms with Crippen LogP contribution in [0.25, 0.3) is 0 Å². The Hall–Kier alpha value is -1.54. The van der Waals surface area contributed by atoms with Crippen molar-refractivity contribution in [3.63, 3.8) is 0 Å². The van der Waals surface area contributed by atoms with Crippen LogP contribution in [0.3, 0.4) is 0 Å². The molecule has 1 fully saturated rings. The molecule has 0 N–H and O–H groups in total. The summed E-state index contributed by atoms with van der Waals surface area (Å²) in [7, 11) is 3.38. The Morgan fingerprint density at radius 1 is 1.17 bits per heavy atom. The van der Waals surface area contributed by atoms with Crippen molar-refractivity contribution in [3.8, 4) is 5.75 Å². The highest BCUT2D eigenvalue weighted by Gasteiger charge is 2.31. The highest BCUT2D eigenvalue weighted by molar-refractivity contribution is 9.10. The van der Waals surface area contributed by atoms with Crippen molar-refractivity contribution < 1.29 is 14.3 Å². The number of carbonyl (C=O) groups excluding carboxylic acids is 1. The average Bonchev–Trinajstić information content (AvgIpc) is 3.25. The van der Waals surface area contributed by atoms with E-state index in [-0.39, 0.29) is 11.3 Å². The Labute approximate surface area is 191 Å². The molecule has 0 aliphatic carbocycles. The third kappa shape index (κ3) is 6.48. The minimum Gasteiger partial charge on any atom is -0.497 e. The molecule has 0 spiro atoms. The maximum atomic E-state index is 13.2. The highest BCUT2D eigenvalue weighted by atomic mass is 79.9. The predicted molar refractivity (Wildman–Crippen MR) is 126 cm³/mol. The van der Waals surface area contributed by atoms with Crippen LogP contribution >= 0.6 is 27.7 Å². The van der Waals surface area contributed by atoms with Gasteiger partial charge in [-0.15, -0.1) is 11.8 Å². The fraction of sp³-hybridized carbons (Fsp3) is 0.435. The molecule has 0 aromatic heterocycles. The summed E-state index contributed by atoms with van der Waals surface area (Å²) in [5.74, 6) is 1.97. The van der Waals surface area contributed by atoms with Crippen LogP contribution in [0, 0.1) is 0 Å². The number of rotatable bonds is 10. The Morgan fingerprint density at radius 3 is 2.57 bits per heavy atom. The quantitative estimate of drug-likeness (QED) is 0.454. The van der Waals surface area contributed by atoms with Gasteiger partial charge in [-0.05, 0) is 41.8 Å². The lowest BCUT2D eigenvalue weighted by Crippen LogP contribution is -2.40. The molecule has 3 rings (SSSR count). The van der Waals surface area contributed by atoms with Gasteiger partial charge in [0, 0.05) is 43.6 Å². The molecule has 1 saturated heterocycles. The molecule has 1 aliphatic rings. The van der Waals surface area contributed by atoms with Crippen LogP contribution in [-0.2, 0) is 16.1 Å². The predicted octanol–water partition coefficient (Wildman–Crippen LogP) is 4.57. The third-order valence-corrected chi connectivity index (χ3v) is 6.90. The maximum absolute atomic E-state index is 13.2. The largest absolute Gasteiger partial charge is 0.497 e. The molecule has 30 heavy (non-hydrogen) atoms. The second-order valence-electron chi connectivity index (χ2n) is 7.27. The summed E-state index contributed by atoms with van der Waals surface area (Å²) in [6.45, 7) is 3.46. The van der Waals surface area contributed by atoms with Crippen LogP contribution in [0.4, 0.5) is 0 Å². The number of carbonyl (C=O) groups is 1. The van der Waals surface area contributed by atoms with E-state index in [0.29, 0.717) is 13.2 Å². The second-order valence-corrected chi connectivity index (χ2v) is 9.37. The first-order valence-corrected chi connectivity index (χ1v) is 12.0. The molecular weight excluding hydrogens is 464 g/mol. The fourth-order valence-electron chi connectivity index (χ4n) is 3.55. The number of methoxy groups -OCH3 is 2. The minimum atomic E-state index is 0.0666. The fourth-order valence-corrected chi connectivity index (χ4v) is 5.09. The smallest absolute Gasteiger partial charge is 0.237 e. The van der Waals surface area contributed by atoms with E-state index in [0.717, 1.165) is 47.6 Å². The van der Waals surface area contributed by atoms with Gasteiger partial charge in [0.15, 0.2) is 0 Å². The van der Waals surface area contributed by atoms with Gasteiger partial charge in [0.1, 0.15) is 11.1 Å². The molecule has 162 valence electrons. The van der Waals surface area contributed by atoms with Crippen molar-refractivity contribution in [2.24, 2.45) is 0 Å². The zero-order chi connectivity index (χ0) is 21.3. The van der Waals surface area contributed by atoms with Crippen molar-refractivity contribution in [1.29, 1.82) is 0 Å². The standard InChI is InChI=1S/C23H29BrN2O3S/c1-28-14-3-12-25(16-18-4-8-20(24)9-5-18)17-22(27)26-13-15-30-23(26)19-6-10-21(29-2)11-7-19/h4-11,23H,3,12-17H2,1-2H3/t23-/m1/s1.